The summed E-state index contributed by atoms with van der Waals surface area (Å²) in [5.74, 6) is 0.792. The van der Waals surface area contributed by atoms with Gasteiger partial charge in [-0.05, 0) is 36.8 Å². The highest BCUT2D eigenvalue weighted by atomic mass is 32.1. The lowest BCUT2D eigenvalue weighted by Gasteiger charge is -2.17. The zero-order chi connectivity index (χ0) is 18.1. The van der Waals surface area contributed by atoms with Crippen LogP contribution in [-0.4, -0.2) is 29.8 Å². The number of fused-ring (bicyclic) bond motifs is 5. The number of H-pyrrole nitrogens is 1. The van der Waals surface area contributed by atoms with E-state index in [0.29, 0.717) is 11.6 Å². The van der Waals surface area contributed by atoms with Crippen LogP contribution < -0.4 is 0 Å². The Labute approximate surface area is 149 Å². The molecule has 0 bridgehead atoms. The monoisotopic (exact) mass is 378 g/mol. The average Bonchev–Trinajstić information content (AvgIpc) is 3.28. The van der Waals surface area contributed by atoms with Crippen molar-refractivity contribution in [3.8, 4) is 11.5 Å². The Hall–Kier alpha value is -2.49. The first-order valence-corrected chi connectivity index (χ1v) is 9.00. The molecule has 0 fully saturated rings. The van der Waals surface area contributed by atoms with Crippen LogP contribution >= 0.6 is 11.3 Å². The lowest BCUT2D eigenvalue weighted by Crippen LogP contribution is -2.08. The molecule has 0 saturated heterocycles. The lowest BCUT2D eigenvalue weighted by atomic mass is 9.89. The van der Waals surface area contributed by atoms with Gasteiger partial charge >= 0.3 is 6.18 Å². The Kier molecular flexibility index (Phi) is 3.18. The number of hydrogen-bond donors (Lipinski definition) is 1. The number of alkyl halides is 3. The molecule has 1 aliphatic rings. The van der Waals surface area contributed by atoms with Crippen LogP contribution in [0.3, 0.4) is 0 Å². The first-order chi connectivity index (χ1) is 12.4. The quantitative estimate of drug-likeness (QED) is 0.546. The largest absolute Gasteiger partial charge is 0.432 e. The summed E-state index contributed by atoms with van der Waals surface area (Å²) in [5.41, 5.74) is 1.01. The molecular formula is C16H13F3N6S. The van der Waals surface area contributed by atoms with E-state index in [2.05, 4.69) is 27.1 Å². The molecule has 6 nitrogen and oxygen atoms in total. The Morgan fingerprint density at radius 1 is 1.35 bits per heavy atom. The Bertz CT molecular complexity index is 1140. The minimum atomic E-state index is -4.48. The zero-order valence-electron chi connectivity index (χ0n) is 13.6. The molecule has 0 radical (unpaired) electrons. The lowest BCUT2D eigenvalue weighted by molar-refractivity contribution is -0.141. The van der Waals surface area contributed by atoms with Crippen molar-refractivity contribution in [3.63, 3.8) is 0 Å². The van der Waals surface area contributed by atoms with Crippen LogP contribution in [0.15, 0.2) is 12.4 Å². The summed E-state index contributed by atoms with van der Waals surface area (Å²) >= 11 is 1.67. The molecule has 0 spiro atoms. The topological polar surface area (TPSA) is 71.8 Å². The minimum absolute atomic E-state index is 0.0619. The summed E-state index contributed by atoms with van der Waals surface area (Å²) in [6.45, 7) is 2.24. The number of aromatic amines is 1. The molecule has 4 heterocycles. The minimum Gasteiger partial charge on any atom is -0.273 e. The van der Waals surface area contributed by atoms with Gasteiger partial charge < -0.3 is 0 Å². The summed E-state index contributed by atoms with van der Waals surface area (Å²) in [6.07, 6.45) is 0.160. The van der Waals surface area contributed by atoms with E-state index >= 15 is 0 Å². The van der Waals surface area contributed by atoms with E-state index in [9.17, 15) is 13.2 Å². The maximum absolute atomic E-state index is 12.8. The first-order valence-electron chi connectivity index (χ1n) is 8.19. The number of nitrogens with zero attached hydrogens (tertiary/aromatic N) is 5. The number of aromatic nitrogens is 6. The number of rotatable bonds is 1. The van der Waals surface area contributed by atoms with Gasteiger partial charge in [0.1, 0.15) is 22.5 Å². The van der Waals surface area contributed by atoms with E-state index in [1.807, 2.05) is 5.10 Å². The van der Waals surface area contributed by atoms with Gasteiger partial charge in [0, 0.05) is 4.88 Å². The van der Waals surface area contributed by atoms with Crippen LogP contribution in [0.5, 0.6) is 0 Å². The van der Waals surface area contributed by atoms with E-state index < -0.39 is 11.9 Å². The van der Waals surface area contributed by atoms with Gasteiger partial charge in [0.15, 0.2) is 5.65 Å². The highest BCUT2D eigenvalue weighted by Gasteiger charge is 2.33. The highest BCUT2D eigenvalue weighted by molar-refractivity contribution is 7.19. The summed E-state index contributed by atoms with van der Waals surface area (Å²) in [5, 5.41) is 10.9. The highest BCUT2D eigenvalue weighted by Crippen LogP contribution is 2.39. The maximum Gasteiger partial charge on any atom is 0.432 e. The van der Waals surface area contributed by atoms with E-state index in [1.54, 1.807) is 17.7 Å². The van der Waals surface area contributed by atoms with Gasteiger partial charge in [0.2, 0.25) is 5.82 Å². The van der Waals surface area contributed by atoms with Crippen LogP contribution in [0.4, 0.5) is 13.2 Å². The van der Waals surface area contributed by atoms with Crippen LogP contribution in [0, 0.1) is 5.92 Å². The van der Waals surface area contributed by atoms with Gasteiger partial charge in [-0.25, -0.2) is 14.5 Å². The van der Waals surface area contributed by atoms with E-state index in [-0.39, 0.29) is 11.5 Å². The smallest absolute Gasteiger partial charge is 0.273 e. The van der Waals surface area contributed by atoms with Crippen molar-refractivity contribution in [1.82, 2.24) is 29.8 Å². The fourth-order valence-corrected chi connectivity index (χ4v) is 4.77. The van der Waals surface area contributed by atoms with Crippen LogP contribution in [0.2, 0.25) is 0 Å². The molecule has 134 valence electrons. The van der Waals surface area contributed by atoms with Gasteiger partial charge in [0.25, 0.3) is 0 Å². The van der Waals surface area contributed by atoms with Crippen molar-refractivity contribution in [2.24, 2.45) is 5.92 Å². The van der Waals surface area contributed by atoms with Crippen molar-refractivity contribution in [2.75, 3.05) is 0 Å². The second kappa shape index (κ2) is 5.26. The molecule has 1 unspecified atom stereocenters. The van der Waals surface area contributed by atoms with Crippen molar-refractivity contribution in [1.29, 1.82) is 0 Å². The summed E-state index contributed by atoms with van der Waals surface area (Å²) < 4.78 is 39.9. The normalized spacial score (nSPS) is 17.9. The third-order valence-electron chi connectivity index (χ3n) is 4.74. The average molecular weight is 378 g/mol. The van der Waals surface area contributed by atoms with Crippen molar-refractivity contribution in [3.05, 3.63) is 28.5 Å². The molecule has 0 aliphatic heterocycles. The van der Waals surface area contributed by atoms with Gasteiger partial charge in [0.05, 0.1) is 5.39 Å². The van der Waals surface area contributed by atoms with Gasteiger partial charge in [-0.1, -0.05) is 6.92 Å². The zero-order valence-corrected chi connectivity index (χ0v) is 14.4. The second-order valence-corrected chi connectivity index (χ2v) is 7.73. The van der Waals surface area contributed by atoms with Crippen LogP contribution in [0.1, 0.15) is 29.5 Å². The predicted octanol–water partition coefficient (Wildman–Crippen LogP) is 3.87. The maximum atomic E-state index is 12.8. The Balaban J connectivity index is 1.68. The number of hydrogen-bond acceptors (Lipinski definition) is 5. The van der Waals surface area contributed by atoms with E-state index in [0.717, 1.165) is 35.5 Å². The SMILES string of the molecule is CC1CCc2c(sc3ncn4nc(-c5cc(C(F)(F)F)[nH]n5)nc4c23)C1. The van der Waals surface area contributed by atoms with Crippen molar-refractivity contribution in [2.45, 2.75) is 32.4 Å². The number of halogens is 3. The molecule has 5 rings (SSSR count). The molecule has 4 aromatic rings. The van der Waals surface area contributed by atoms with Crippen LogP contribution in [0.25, 0.3) is 27.4 Å². The third kappa shape index (κ3) is 2.32. The standard InChI is InChI=1S/C16H13F3N6S/c1-7-2-3-8-10(4-7)26-15-12(8)14-21-13(24-25(14)6-20-15)9-5-11(23-22-9)16(17,18)19/h5-7H,2-4H2,1H3,(H,22,23). The molecular weight excluding hydrogens is 365 g/mol. The van der Waals surface area contributed by atoms with Gasteiger partial charge in [-0.15, -0.1) is 16.4 Å². The Morgan fingerprint density at radius 2 is 2.19 bits per heavy atom. The fraction of sp³-hybridized carbons (Fsp3) is 0.375. The second-order valence-electron chi connectivity index (χ2n) is 6.64. The fourth-order valence-electron chi connectivity index (χ4n) is 3.43. The molecule has 1 atom stereocenters. The Morgan fingerprint density at radius 3 is 2.96 bits per heavy atom. The number of thiophene rings is 1. The first kappa shape index (κ1) is 15.7. The van der Waals surface area contributed by atoms with Crippen LogP contribution in [-0.2, 0) is 19.0 Å². The number of aryl methyl sites for hydroxylation is 1. The van der Waals surface area contributed by atoms with E-state index in [4.69, 9.17) is 0 Å². The number of nitrogens with one attached hydrogen (secondary N) is 1. The van der Waals surface area contributed by atoms with Crippen molar-refractivity contribution >= 4 is 27.2 Å². The molecule has 0 saturated carbocycles. The molecule has 1 aliphatic carbocycles. The molecule has 0 aromatic carbocycles. The molecule has 4 aromatic heterocycles. The summed E-state index contributed by atoms with van der Waals surface area (Å²) in [4.78, 5) is 11.2. The van der Waals surface area contributed by atoms with Gasteiger partial charge in [-0.2, -0.15) is 18.3 Å². The molecule has 1 N–H and O–H groups in total. The van der Waals surface area contributed by atoms with Crippen molar-refractivity contribution < 1.29 is 13.2 Å². The van der Waals surface area contributed by atoms with Gasteiger partial charge in [-0.3, -0.25) is 5.10 Å². The molecule has 10 heteroatoms. The molecule has 26 heavy (non-hydrogen) atoms. The predicted molar refractivity (Wildman–Crippen MR) is 89.9 cm³/mol. The third-order valence-corrected chi connectivity index (χ3v) is 5.91. The van der Waals surface area contributed by atoms with E-state index in [1.165, 1.54) is 15.0 Å². The molecule has 0 amide bonds. The summed E-state index contributed by atoms with van der Waals surface area (Å²) in [6, 6.07) is 0.921. The summed E-state index contributed by atoms with van der Waals surface area (Å²) in [7, 11) is 0.